The molecule has 0 spiro atoms. The van der Waals surface area contributed by atoms with Crippen LogP contribution in [-0.2, 0) is 30.4 Å². The Labute approximate surface area is 193 Å². The zero-order valence-corrected chi connectivity index (χ0v) is 19.2. The molecular formula is C20H14N2O9S3. The molecule has 4 rings (SSSR count). The van der Waals surface area contributed by atoms with Crippen molar-refractivity contribution >= 4 is 63.3 Å². The molecule has 0 aromatic heterocycles. The first-order valence-electron chi connectivity index (χ1n) is 9.19. The van der Waals surface area contributed by atoms with Crippen LogP contribution in [0, 0.1) is 0 Å². The van der Waals surface area contributed by atoms with Crippen LogP contribution in [0.1, 0.15) is 0 Å². The monoisotopic (exact) mass is 522 g/mol. The summed E-state index contributed by atoms with van der Waals surface area (Å²) in [6.45, 7) is 0. The summed E-state index contributed by atoms with van der Waals surface area (Å²) in [4.78, 5) is -1.88. The van der Waals surface area contributed by atoms with Gasteiger partial charge in [-0.3, -0.25) is 13.7 Å². The van der Waals surface area contributed by atoms with Gasteiger partial charge in [-0.25, -0.2) is 0 Å². The Balaban J connectivity index is 1.97. The topological polar surface area (TPSA) is 188 Å². The summed E-state index contributed by atoms with van der Waals surface area (Å²) in [6, 6.07) is 14.4. The second-order valence-electron chi connectivity index (χ2n) is 7.05. The van der Waals surface area contributed by atoms with Gasteiger partial charge < -0.3 is 0 Å². The van der Waals surface area contributed by atoms with E-state index in [0.717, 1.165) is 12.1 Å². The molecule has 34 heavy (non-hydrogen) atoms. The number of azo groups is 1. The lowest BCUT2D eigenvalue weighted by atomic mass is 10.1. The third kappa shape index (κ3) is 4.54. The molecule has 0 aliphatic rings. The second kappa shape index (κ2) is 8.19. The maximum Gasteiger partial charge on any atom is 0.295 e. The fraction of sp³-hybridized carbons (Fsp3) is 0. The Kier molecular flexibility index (Phi) is 5.75. The maximum absolute atomic E-state index is 12.0. The van der Waals surface area contributed by atoms with Crippen molar-refractivity contribution in [3.63, 3.8) is 0 Å². The predicted molar refractivity (Wildman–Crippen MR) is 122 cm³/mol. The van der Waals surface area contributed by atoms with E-state index in [9.17, 15) is 38.9 Å². The lowest BCUT2D eigenvalue weighted by Gasteiger charge is -2.09. The third-order valence-corrected chi connectivity index (χ3v) is 7.49. The molecule has 14 heteroatoms. The average molecular weight is 523 g/mol. The summed E-state index contributed by atoms with van der Waals surface area (Å²) in [7, 11) is -14.2. The van der Waals surface area contributed by atoms with E-state index in [1.165, 1.54) is 30.3 Å². The van der Waals surface area contributed by atoms with Gasteiger partial charge in [0.15, 0.2) is 0 Å². The Hall–Kier alpha value is -3.27. The fourth-order valence-electron chi connectivity index (χ4n) is 3.45. The smallest absolute Gasteiger partial charge is 0.282 e. The van der Waals surface area contributed by atoms with Crippen molar-refractivity contribution in [3.05, 3.63) is 66.7 Å². The third-order valence-electron chi connectivity index (χ3n) is 4.87. The summed E-state index contributed by atoms with van der Waals surface area (Å²) in [5.74, 6) is 0. The molecule has 11 nitrogen and oxygen atoms in total. The van der Waals surface area contributed by atoms with E-state index in [1.807, 2.05) is 0 Å². The highest BCUT2D eigenvalue weighted by Gasteiger charge is 2.22. The van der Waals surface area contributed by atoms with Crippen molar-refractivity contribution in [2.45, 2.75) is 14.7 Å². The standard InChI is InChI=1S/C20H14N2O9S3/c23-32(24,25)13-10-12-4-3-7-17(20(12)19(11-13)34(29,30)31)22-21-16-8-9-18(33(26,27)28)15-6-2-1-5-14(15)16/h1-11H,(H,23,24,25)(H,26,27,28)(H,29,30,31). The van der Waals surface area contributed by atoms with Crippen molar-refractivity contribution in [2.24, 2.45) is 10.2 Å². The number of rotatable bonds is 5. The zero-order chi connectivity index (χ0) is 24.9. The van der Waals surface area contributed by atoms with E-state index in [1.54, 1.807) is 18.2 Å². The van der Waals surface area contributed by atoms with E-state index < -0.39 is 40.1 Å². The van der Waals surface area contributed by atoms with Crippen LogP contribution in [0.3, 0.4) is 0 Å². The van der Waals surface area contributed by atoms with Gasteiger partial charge in [-0.1, -0.05) is 36.4 Å². The highest BCUT2D eigenvalue weighted by atomic mass is 32.2. The molecule has 0 aliphatic carbocycles. The summed E-state index contributed by atoms with van der Waals surface area (Å²) in [5.41, 5.74) is 0.123. The predicted octanol–water partition coefficient (Wildman–Crippen LogP) is 4.15. The molecule has 4 aromatic carbocycles. The van der Waals surface area contributed by atoms with Crippen LogP contribution in [-0.4, -0.2) is 38.9 Å². The van der Waals surface area contributed by atoms with Gasteiger partial charge in [-0.15, -0.1) is 10.2 Å². The van der Waals surface area contributed by atoms with Gasteiger partial charge in [-0.2, -0.15) is 25.3 Å². The van der Waals surface area contributed by atoms with E-state index in [2.05, 4.69) is 10.2 Å². The second-order valence-corrected chi connectivity index (χ2v) is 11.3. The Morgan fingerprint density at radius 2 is 1.18 bits per heavy atom. The lowest BCUT2D eigenvalue weighted by Crippen LogP contribution is -2.04. The number of fused-ring (bicyclic) bond motifs is 2. The SMILES string of the molecule is O=S(=O)(O)c1cc(S(=O)(=O)O)c2c(N=Nc3ccc(S(=O)(=O)O)c4ccccc34)cccc2c1. The minimum Gasteiger partial charge on any atom is -0.282 e. The summed E-state index contributed by atoms with van der Waals surface area (Å²) in [5, 5.41) is 8.50. The summed E-state index contributed by atoms with van der Waals surface area (Å²) in [6.07, 6.45) is 0. The molecule has 0 aliphatic heterocycles. The van der Waals surface area contributed by atoms with E-state index in [-0.39, 0.29) is 32.4 Å². The van der Waals surface area contributed by atoms with Gasteiger partial charge in [0.2, 0.25) is 0 Å². The molecular weight excluding hydrogens is 508 g/mol. The largest absolute Gasteiger partial charge is 0.295 e. The fourth-order valence-corrected chi connectivity index (χ4v) is 5.52. The van der Waals surface area contributed by atoms with E-state index >= 15 is 0 Å². The normalized spacial score (nSPS) is 13.1. The first-order chi connectivity index (χ1) is 15.8. The van der Waals surface area contributed by atoms with Gasteiger partial charge in [0.1, 0.15) is 9.79 Å². The Morgan fingerprint density at radius 1 is 0.559 bits per heavy atom. The van der Waals surface area contributed by atoms with E-state index in [4.69, 9.17) is 0 Å². The molecule has 0 heterocycles. The highest BCUT2D eigenvalue weighted by molar-refractivity contribution is 7.87. The average Bonchev–Trinajstić information content (AvgIpc) is 2.74. The summed E-state index contributed by atoms with van der Waals surface area (Å²) >= 11 is 0. The number of hydrogen-bond donors (Lipinski definition) is 3. The molecule has 0 amide bonds. The van der Waals surface area contributed by atoms with Gasteiger partial charge in [0, 0.05) is 16.2 Å². The molecule has 0 radical (unpaired) electrons. The van der Waals surface area contributed by atoms with Crippen molar-refractivity contribution in [2.75, 3.05) is 0 Å². The van der Waals surface area contributed by atoms with Crippen LogP contribution in [0.15, 0.2) is 91.6 Å². The van der Waals surface area contributed by atoms with Crippen molar-refractivity contribution in [1.82, 2.24) is 0 Å². The number of nitrogens with zero attached hydrogens (tertiary/aromatic N) is 2. The van der Waals surface area contributed by atoms with Gasteiger partial charge in [0.25, 0.3) is 30.4 Å². The van der Waals surface area contributed by atoms with Crippen LogP contribution in [0.5, 0.6) is 0 Å². The molecule has 4 aromatic rings. The number of benzene rings is 4. The van der Waals surface area contributed by atoms with Gasteiger partial charge >= 0.3 is 0 Å². The minimum atomic E-state index is -4.95. The molecule has 3 N–H and O–H groups in total. The lowest BCUT2D eigenvalue weighted by molar-refractivity contribution is 0.479. The molecule has 0 bridgehead atoms. The van der Waals surface area contributed by atoms with Crippen molar-refractivity contribution in [1.29, 1.82) is 0 Å². The Morgan fingerprint density at radius 3 is 1.79 bits per heavy atom. The minimum absolute atomic E-state index is 0.0331. The van der Waals surface area contributed by atoms with Crippen LogP contribution >= 0.6 is 0 Å². The first-order valence-corrected chi connectivity index (χ1v) is 13.5. The van der Waals surface area contributed by atoms with Crippen LogP contribution in [0.2, 0.25) is 0 Å². The molecule has 0 saturated carbocycles. The van der Waals surface area contributed by atoms with Crippen LogP contribution < -0.4 is 0 Å². The molecule has 176 valence electrons. The molecule has 0 saturated heterocycles. The maximum atomic E-state index is 12.0. The van der Waals surface area contributed by atoms with Crippen LogP contribution in [0.4, 0.5) is 11.4 Å². The molecule has 0 atom stereocenters. The molecule has 0 fully saturated rings. The zero-order valence-electron chi connectivity index (χ0n) is 16.8. The van der Waals surface area contributed by atoms with Gasteiger partial charge in [0.05, 0.1) is 16.3 Å². The van der Waals surface area contributed by atoms with Crippen molar-refractivity contribution in [3.8, 4) is 0 Å². The first kappa shape index (κ1) is 23.9. The van der Waals surface area contributed by atoms with Gasteiger partial charge in [-0.05, 0) is 35.7 Å². The van der Waals surface area contributed by atoms with E-state index in [0.29, 0.717) is 11.5 Å². The quantitative estimate of drug-likeness (QED) is 0.255. The number of hydrogen-bond acceptors (Lipinski definition) is 8. The Bertz CT molecular complexity index is 1830. The van der Waals surface area contributed by atoms with Crippen molar-refractivity contribution < 1.29 is 38.9 Å². The highest BCUT2D eigenvalue weighted by Crippen LogP contribution is 2.37. The molecule has 0 unspecified atom stereocenters. The van der Waals surface area contributed by atoms with Crippen LogP contribution in [0.25, 0.3) is 21.5 Å². The summed E-state index contributed by atoms with van der Waals surface area (Å²) < 4.78 is 98.9.